The van der Waals surface area contributed by atoms with Crippen LogP contribution in [0.1, 0.15) is 33.3 Å². The SMILES string of the molecule is Cc1ccc(S(C)(O)N2C[C@@]2(C)C(C)(C)C)cc1. The van der Waals surface area contributed by atoms with Crippen LogP contribution < -0.4 is 0 Å². The first-order chi connectivity index (χ1) is 8.09. The Morgan fingerprint density at radius 3 is 2.11 bits per heavy atom. The van der Waals surface area contributed by atoms with Crippen LogP contribution in [0, 0.1) is 12.3 Å². The molecule has 1 aliphatic heterocycles. The zero-order valence-corrected chi connectivity index (χ0v) is 13.1. The summed E-state index contributed by atoms with van der Waals surface area (Å²) in [5.41, 5.74) is 1.53. The predicted molar refractivity (Wildman–Crippen MR) is 80.2 cm³/mol. The highest BCUT2D eigenvalue weighted by atomic mass is 32.3. The van der Waals surface area contributed by atoms with Gasteiger partial charge in [0.2, 0.25) is 0 Å². The van der Waals surface area contributed by atoms with E-state index in [9.17, 15) is 4.55 Å². The van der Waals surface area contributed by atoms with Gasteiger partial charge in [-0.3, -0.25) is 0 Å². The third-order valence-electron chi connectivity index (χ3n) is 4.41. The third kappa shape index (κ3) is 2.09. The van der Waals surface area contributed by atoms with E-state index in [0.29, 0.717) is 0 Å². The second-order valence-electron chi connectivity index (χ2n) is 6.71. The van der Waals surface area contributed by atoms with Crippen LogP contribution in [-0.2, 0) is 0 Å². The third-order valence-corrected chi connectivity index (χ3v) is 6.97. The van der Waals surface area contributed by atoms with E-state index < -0.39 is 10.5 Å². The van der Waals surface area contributed by atoms with Crippen molar-refractivity contribution in [2.45, 2.75) is 45.1 Å². The quantitative estimate of drug-likeness (QED) is 0.808. The molecular formula is C15H25NOS. The van der Waals surface area contributed by atoms with Crippen LogP contribution in [0.5, 0.6) is 0 Å². The largest absolute Gasteiger partial charge is 0.334 e. The molecule has 1 N–H and O–H groups in total. The minimum Gasteiger partial charge on any atom is -0.334 e. The molecule has 1 saturated heterocycles. The van der Waals surface area contributed by atoms with E-state index in [4.69, 9.17) is 0 Å². The summed E-state index contributed by atoms with van der Waals surface area (Å²) in [6.07, 6.45) is 1.98. The standard InChI is InChI=1S/C15H25NOS/c1-12-7-9-13(10-8-12)18(6,17)16-11-15(16,5)14(2,3)4/h7-10,17H,11H2,1-6H3/t15-,16?/m0/s1. The van der Waals surface area contributed by atoms with Crippen molar-refractivity contribution in [3.05, 3.63) is 29.8 Å². The lowest BCUT2D eigenvalue weighted by molar-refractivity contribution is 0.275. The maximum absolute atomic E-state index is 10.9. The van der Waals surface area contributed by atoms with Gasteiger partial charge in [-0.05, 0) is 31.4 Å². The maximum atomic E-state index is 10.9. The lowest BCUT2D eigenvalue weighted by Gasteiger charge is -2.38. The molecule has 1 aromatic rings. The highest BCUT2D eigenvalue weighted by Crippen LogP contribution is 2.65. The van der Waals surface area contributed by atoms with Crippen LogP contribution in [-0.4, -0.2) is 27.2 Å². The molecule has 0 aliphatic carbocycles. The van der Waals surface area contributed by atoms with E-state index in [-0.39, 0.29) is 11.0 Å². The first-order valence-electron chi connectivity index (χ1n) is 6.44. The molecule has 0 spiro atoms. The van der Waals surface area contributed by atoms with E-state index in [2.05, 4.69) is 63.2 Å². The molecule has 0 amide bonds. The first kappa shape index (κ1) is 13.9. The van der Waals surface area contributed by atoms with Crippen molar-refractivity contribution in [2.24, 2.45) is 5.41 Å². The summed E-state index contributed by atoms with van der Waals surface area (Å²) in [7, 11) is -1.84. The van der Waals surface area contributed by atoms with E-state index in [1.165, 1.54) is 5.56 Å². The Kier molecular flexibility index (Phi) is 3.08. The Labute approximate surface area is 113 Å². The van der Waals surface area contributed by atoms with Crippen LogP contribution in [0.25, 0.3) is 0 Å². The van der Waals surface area contributed by atoms with Crippen molar-refractivity contribution < 1.29 is 4.55 Å². The van der Waals surface area contributed by atoms with Gasteiger partial charge in [0, 0.05) is 23.2 Å². The summed E-state index contributed by atoms with van der Waals surface area (Å²) in [5.74, 6) is 0. The Hall–Kier alpha value is -0.510. The average Bonchev–Trinajstić information content (AvgIpc) is 2.93. The van der Waals surface area contributed by atoms with E-state index in [1.807, 2.05) is 6.26 Å². The number of hydrogen-bond acceptors (Lipinski definition) is 2. The molecule has 0 aromatic heterocycles. The second-order valence-corrected chi connectivity index (χ2v) is 9.29. The molecule has 0 radical (unpaired) electrons. The molecule has 1 heterocycles. The van der Waals surface area contributed by atoms with Crippen LogP contribution >= 0.6 is 10.5 Å². The molecule has 2 unspecified atom stereocenters. The molecule has 18 heavy (non-hydrogen) atoms. The van der Waals surface area contributed by atoms with Crippen molar-refractivity contribution in [3.8, 4) is 0 Å². The number of hydrogen-bond donors (Lipinski definition) is 1. The van der Waals surface area contributed by atoms with Crippen LogP contribution in [0.4, 0.5) is 0 Å². The number of aryl methyl sites for hydroxylation is 1. The smallest absolute Gasteiger partial charge is 0.0478 e. The van der Waals surface area contributed by atoms with E-state index in [1.54, 1.807) is 0 Å². The van der Waals surface area contributed by atoms with Gasteiger partial charge in [-0.2, -0.15) is 0 Å². The molecule has 3 atom stereocenters. The Morgan fingerprint density at radius 1 is 1.22 bits per heavy atom. The van der Waals surface area contributed by atoms with Gasteiger partial charge in [-0.15, -0.1) is 0 Å². The molecule has 1 aromatic carbocycles. The van der Waals surface area contributed by atoms with Gasteiger partial charge in [0.05, 0.1) is 0 Å². The highest BCUT2D eigenvalue weighted by Gasteiger charge is 2.60. The minimum absolute atomic E-state index is 0.108. The lowest BCUT2D eigenvalue weighted by atomic mass is 9.82. The summed E-state index contributed by atoms with van der Waals surface area (Å²) in [6.45, 7) is 12.0. The van der Waals surface area contributed by atoms with E-state index in [0.717, 1.165) is 11.4 Å². The van der Waals surface area contributed by atoms with Gasteiger partial charge in [0.15, 0.2) is 0 Å². The zero-order chi connectivity index (χ0) is 13.8. The van der Waals surface area contributed by atoms with Gasteiger partial charge >= 0.3 is 0 Å². The molecule has 0 saturated carbocycles. The summed E-state index contributed by atoms with van der Waals surface area (Å²) < 4.78 is 13.2. The maximum Gasteiger partial charge on any atom is 0.0478 e. The Bertz CT molecular complexity index is 447. The molecule has 2 nitrogen and oxygen atoms in total. The van der Waals surface area contributed by atoms with Crippen LogP contribution in [0.3, 0.4) is 0 Å². The van der Waals surface area contributed by atoms with Crippen molar-refractivity contribution in [2.75, 3.05) is 12.8 Å². The summed E-state index contributed by atoms with van der Waals surface area (Å²) in [4.78, 5) is 1.06. The van der Waals surface area contributed by atoms with Gasteiger partial charge in [0.1, 0.15) is 0 Å². The molecule has 2 rings (SSSR count). The average molecular weight is 267 g/mol. The predicted octanol–water partition coefficient (Wildman–Crippen LogP) is 4.30. The van der Waals surface area contributed by atoms with Gasteiger partial charge < -0.3 is 4.55 Å². The summed E-state index contributed by atoms with van der Waals surface area (Å²) >= 11 is 0. The fourth-order valence-electron chi connectivity index (χ4n) is 2.30. The first-order valence-corrected chi connectivity index (χ1v) is 8.40. The fraction of sp³-hybridized carbons (Fsp3) is 0.600. The summed E-state index contributed by atoms with van der Waals surface area (Å²) in [5, 5.41) is 0. The molecule has 0 bridgehead atoms. The Balaban J connectivity index is 2.27. The van der Waals surface area contributed by atoms with Gasteiger partial charge in [-0.1, -0.05) is 49.0 Å². The van der Waals surface area contributed by atoms with Crippen LogP contribution in [0.2, 0.25) is 0 Å². The molecule has 1 fully saturated rings. The molecular weight excluding hydrogens is 242 g/mol. The van der Waals surface area contributed by atoms with E-state index >= 15 is 0 Å². The molecule has 3 heteroatoms. The zero-order valence-electron chi connectivity index (χ0n) is 12.3. The van der Waals surface area contributed by atoms with Gasteiger partial charge in [0.25, 0.3) is 0 Å². The second kappa shape index (κ2) is 3.99. The van der Waals surface area contributed by atoms with Crippen molar-refractivity contribution in [1.29, 1.82) is 0 Å². The number of nitrogens with zero attached hydrogens (tertiary/aromatic N) is 1. The fourth-order valence-corrected chi connectivity index (χ4v) is 4.76. The van der Waals surface area contributed by atoms with Crippen molar-refractivity contribution in [1.82, 2.24) is 4.31 Å². The molecule has 1 aliphatic rings. The normalized spacial score (nSPS) is 32.7. The monoisotopic (exact) mass is 267 g/mol. The topological polar surface area (TPSA) is 23.2 Å². The number of benzene rings is 1. The summed E-state index contributed by atoms with van der Waals surface area (Å²) in [6, 6.07) is 8.28. The minimum atomic E-state index is -1.84. The van der Waals surface area contributed by atoms with Crippen molar-refractivity contribution >= 4 is 10.5 Å². The Morgan fingerprint density at radius 2 is 1.72 bits per heavy atom. The van der Waals surface area contributed by atoms with Crippen molar-refractivity contribution in [3.63, 3.8) is 0 Å². The van der Waals surface area contributed by atoms with Crippen LogP contribution in [0.15, 0.2) is 29.2 Å². The highest BCUT2D eigenvalue weighted by molar-refractivity contribution is 8.26. The number of rotatable bonds is 2. The molecule has 102 valence electrons. The van der Waals surface area contributed by atoms with Gasteiger partial charge in [-0.25, -0.2) is 4.31 Å². The lowest BCUT2D eigenvalue weighted by Crippen LogP contribution is -2.32.